The highest BCUT2D eigenvalue weighted by molar-refractivity contribution is 7.98. The molecule has 0 aliphatic carbocycles. The summed E-state index contributed by atoms with van der Waals surface area (Å²) in [4.78, 5) is 16.9. The highest BCUT2D eigenvalue weighted by Crippen LogP contribution is 2.14. The summed E-state index contributed by atoms with van der Waals surface area (Å²) in [5.74, 6) is 0.690. The average molecular weight is 353 g/mol. The van der Waals surface area contributed by atoms with Crippen LogP contribution in [0.15, 0.2) is 34.2 Å². The molecule has 0 aliphatic heterocycles. The van der Waals surface area contributed by atoms with Gasteiger partial charge in [-0.1, -0.05) is 12.1 Å². The van der Waals surface area contributed by atoms with Crippen molar-refractivity contribution >= 4 is 23.8 Å². The third-order valence-corrected chi connectivity index (χ3v) is 3.67. The van der Waals surface area contributed by atoms with Gasteiger partial charge in [-0.05, 0) is 44.7 Å². The topological polar surface area (TPSA) is 74.8 Å². The van der Waals surface area contributed by atoms with Crippen molar-refractivity contribution in [3.63, 3.8) is 0 Å². The summed E-state index contributed by atoms with van der Waals surface area (Å²) in [6.45, 7) is 7.21. The molecule has 0 unspecified atom stereocenters. The van der Waals surface area contributed by atoms with Gasteiger partial charge in [-0.15, -0.1) is 11.8 Å². The maximum Gasteiger partial charge on any atom is 0.407 e. The van der Waals surface area contributed by atoms with Crippen LogP contribution < -0.4 is 16.0 Å². The number of ether oxygens (including phenoxy) is 1. The molecule has 0 saturated carbocycles. The normalized spacial score (nSPS) is 11.8. The van der Waals surface area contributed by atoms with E-state index in [1.165, 1.54) is 10.5 Å². The van der Waals surface area contributed by atoms with E-state index >= 15 is 0 Å². The Morgan fingerprint density at radius 3 is 2.29 bits per heavy atom. The molecule has 3 N–H and O–H groups in total. The number of thioether (sulfide) groups is 1. The van der Waals surface area contributed by atoms with E-state index in [1.54, 1.807) is 18.8 Å². The molecular formula is C17H28N4O2S. The fourth-order valence-electron chi connectivity index (χ4n) is 1.81. The largest absolute Gasteiger partial charge is 0.444 e. The molecule has 1 amide bonds. The van der Waals surface area contributed by atoms with Gasteiger partial charge in [0.25, 0.3) is 0 Å². The molecule has 7 heteroatoms. The maximum absolute atomic E-state index is 11.5. The Labute approximate surface area is 148 Å². The van der Waals surface area contributed by atoms with Crippen molar-refractivity contribution in [1.82, 2.24) is 16.0 Å². The highest BCUT2D eigenvalue weighted by Gasteiger charge is 2.15. The molecule has 0 spiro atoms. The summed E-state index contributed by atoms with van der Waals surface area (Å²) in [5, 5.41) is 9.08. The van der Waals surface area contributed by atoms with Crippen molar-refractivity contribution in [1.29, 1.82) is 0 Å². The van der Waals surface area contributed by atoms with Gasteiger partial charge in [0.15, 0.2) is 5.96 Å². The second-order valence-electron chi connectivity index (χ2n) is 6.13. The van der Waals surface area contributed by atoms with E-state index in [-0.39, 0.29) is 0 Å². The van der Waals surface area contributed by atoms with E-state index in [0.717, 1.165) is 0 Å². The molecule has 134 valence electrons. The summed E-state index contributed by atoms with van der Waals surface area (Å²) in [6, 6.07) is 8.39. The lowest BCUT2D eigenvalue weighted by Gasteiger charge is -2.20. The summed E-state index contributed by atoms with van der Waals surface area (Å²) in [6.07, 6.45) is 1.64. The molecule has 1 aromatic rings. The van der Waals surface area contributed by atoms with Gasteiger partial charge in [-0.25, -0.2) is 4.79 Å². The van der Waals surface area contributed by atoms with Gasteiger partial charge in [-0.3, -0.25) is 4.99 Å². The molecule has 0 aliphatic rings. The van der Waals surface area contributed by atoms with E-state index in [1.807, 2.05) is 20.8 Å². The van der Waals surface area contributed by atoms with E-state index in [9.17, 15) is 4.79 Å². The fraction of sp³-hybridized carbons (Fsp3) is 0.529. The number of rotatable bonds is 6. The lowest BCUT2D eigenvalue weighted by atomic mass is 10.2. The van der Waals surface area contributed by atoms with Crippen LogP contribution >= 0.6 is 11.8 Å². The Kier molecular flexibility index (Phi) is 8.46. The molecular weight excluding hydrogens is 324 g/mol. The van der Waals surface area contributed by atoms with Crippen LogP contribution in [0.4, 0.5) is 4.79 Å². The van der Waals surface area contributed by atoms with Crippen LogP contribution in [0.1, 0.15) is 26.3 Å². The summed E-state index contributed by atoms with van der Waals surface area (Å²) in [5.41, 5.74) is 0.698. The molecule has 0 fully saturated rings. The van der Waals surface area contributed by atoms with Crippen molar-refractivity contribution in [2.24, 2.45) is 4.99 Å². The van der Waals surface area contributed by atoms with Gasteiger partial charge in [0.1, 0.15) is 5.60 Å². The van der Waals surface area contributed by atoms with Crippen LogP contribution in [-0.4, -0.2) is 44.0 Å². The number of carbonyl (C=O) groups excluding carboxylic acids is 1. The fourth-order valence-corrected chi connectivity index (χ4v) is 2.22. The number of hydrogen-bond donors (Lipinski definition) is 3. The molecule has 0 bridgehead atoms. The standard InChI is InChI=1S/C17H28N4O2S/c1-17(2,3)23-16(22)20-11-10-19-15(18-4)21-12-13-6-8-14(24-5)9-7-13/h6-9H,10-12H2,1-5H3,(H,20,22)(H2,18,19,21). The second kappa shape index (κ2) is 10.1. The molecule has 6 nitrogen and oxygen atoms in total. The predicted octanol–water partition coefficient (Wildman–Crippen LogP) is 2.60. The van der Waals surface area contributed by atoms with Gasteiger partial charge in [-0.2, -0.15) is 0 Å². The van der Waals surface area contributed by atoms with Crippen molar-refractivity contribution in [3.8, 4) is 0 Å². The number of nitrogens with zero attached hydrogens (tertiary/aromatic N) is 1. The number of guanidine groups is 1. The van der Waals surface area contributed by atoms with Crippen LogP contribution in [0, 0.1) is 0 Å². The van der Waals surface area contributed by atoms with Crippen LogP contribution in [0.3, 0.4) is 0 Å². The Hall–Kier alpha value is -1.89. The number of hydrogen-bond acceptors (Lipinski definition) is 4. The van der Waals surface area contributed by atoms with Crippen molar-refractivity contribution < 1.29 is 9.53 Å². The van der Waals surface area contributed by atoms with E-state index in [2.05, 4.69) is 51.5 Å². The second-order valence-corrected chi connectivity index (χ2v) is 7.01. The highest BCUT2D eigenvalue weighted by atomic mass is 32.2. The lowest BCUT2D eigenvalue weighted by molar-refractivity contribution is 0.0529. The molecule has 0 heterocycles. The summed E-state index contributed by atoms with van der Waals surface area (Å²) < 4.78 is 5.17. The van der Waals surface area contributed by atoms with Gasteiger partial charge in [0.05, 0.1) is 0 Å². The van der Waals surface area contributed by atoms with Crippen molar-refractivity contribution in [2.75, 3.05) is 26.4 Å². The number of amides is 1. The van der Waals surface area contributed by atoms with Gasteiger partial charge < -0.3 is 20.7 Å². The zero-order valence-corrected chi connectivity index (χ0v) is 15.9. The number of alkyl carbamates (subject to hydrolysis) is 1. The van der Waals surface area contributed by atoms with Gasteiger partial charge in [0.2, 0.25) is 0 Å². The third-order valence-electron chi connectivity index (χ3n) is 2.93. The Morgan fingerprint density at radius 2 is 1.75 bits per heavy atom. The Morgan fingerprint density at radius 1 is 1.12 bits per heavy atom. The minimum Gasteiger partial charge on any atom is -0.444 e. The quantitative estimate of drug-likeness (QED) is 0.318. The minimum absolute atomic E-state index is 0.416. The molecule has 0 radical (unpaired) electrons. The van der Waals surface area contributed by atoms with Crippen LogP contribution in [0.2, 0.25) is 0 Å². The summed E-state index contributed by atoms with van der Waals surface area (Å²) in [7, 11) is 1.72. The molecule has 0 atom stereocenters. The first-order chi connectivity index (χ1) is 11.3. The minimum atomic E-state index is -0.485. The zero-order valence-electron chi connectivity index (χ0n) is 15.1. The first-order valence-corrected chi connectivity index (χ1v) is 9.11. The number of benzene rings is 1. The van der Waals surface area contributed by atoms with E-state index < -0.39 is 11.7 Å². The SMILES string of the molecule is CN=C(NCCNC(=O)OC(C)(C)C)NCc1ccc(SC)cc1. The number of aliphatic imine (C=N–C) groups is 1. The molecule has 1 rings (SSSR count). The lowest BCUT2D eigenvalue weighted by Crippen LogP contribution is -2.42. The van der Waals surface area contributed by atoms with Crippen molar-refractivity contribution in [3.05, 3.63) is 29.8 Å². The Bertz CT molecular complexity index is 539. The Balaban J connectivity index is 2.26. The van der Waals surface area contributed by atoms with Gasteiger partial charge in [0, 0.05) is 31.6 Å². The predicted molar refractivity (Wildman–Crippen MR) is 101 cm³/mol. The van der Waals surface area contributed by atoms with Crippen LogP contribution in [0.5, 0.6) is 0 Å². The molecule has 24 heavy (non-hydrogen) atoms. The van der Waals surface area contributed by atoms with Crippen LogP contribution in [0.25, 0.3) is 0 Å². The monoisotopic (exact) mass is 352 g/mol. The zero-order chi connectivity index (χ0) is 18.0. The first kappa shape index (κ1) is 20.2. The number of carbonyl (C=O) groups is 1. The molecule has 0 saturated heterocycles. The molecule has 1 aromatic carbocycles. The van der Waals surface area contributed by atoms with E-state index in [0.29, 0.717) is 25.6 Å². The summed E-state index contributed by atoms with van der Waals surface area (Å²) >= 11 is 1.72. The maximum atomic E-state index is 11.5. The smallest absolute Gasteiger partial charge is 0.407 e. The third kappa shape index (κ3) is 8.67. The van der Waals surface area contributed by atoms with Crippen molar-refractivity contribution in [2.45, 2.75) is 37.8 Å². The van der Waals surface area contributed by atoms with E-state index in [4.69, 9.17) is 4.74 Å². The average Bonchev–Trinajstić information content (AvgIpc) is 2.53. The first-order valence-electron chi connectivity index (χ1n) is 7.88. The van der Waals surface area contributed by atoms with Gasteiger partial charge >= 0.3 is 6.09 Å². The number of nitrogens with one attached hydrogen (secondary N) is 3. The van der Waals surface area contributed by atoms with Crippen LogP contribution in [-0.2, 0) is 11.3 Å². The molecule has 0 aromatic heterocycles.